The summed E-state index contributed by atoms with van der Waals surface area (Å²) in [6.07, 6.45) is 0. The van der Waals surface area contributed by atoms with Gasteiger partial charge in [-0.1, -0.05) is 6.07 Å². The van der Waals surface area contributed by atoms with Crippen LogP contribution in [0.5, 0.6) is 0 Å². The van der Waals surface area contributed by atoms with Crippen LogP contribution in [0.15, 0.2) is 24.3 Å². The van der Waals surface area contributed by atoms with E-state index in [0.29, 0.717) is 11.6 Å². The van der Waals surface area contributed by atoms with Crippen molar-refractivity contribution in [2.75, 3.05) is 11.6 Å². The molecule has 100 valence electrons. The molecule has 19 heavy (non-hydrogen) atoms. The van der Waals surface area contributed by atoms with Gasteiger partial charge < -0.3 is 15.7 Å². The van der Waals surface area contributed by atoms with Crippen LogP contribution < -0.4 is 5.73 Å². The number of rotatable bonds is 3. The summed E-state index contributed by atoms with van der Waals surface area (Å²) in [5.41, 5.74) is 5.64. The van der Waals surface area contributed by atoms with Crippen molar-refractivity contribution in [2.24, 2.45) is 5.73 Å². The van der Waals surface area contributed by atoms with E-state index >= 15 is 0 Å². The van der Waals surface area contributed by atoms with Crippen LogP contribution >= 0.6 is 11.8 Å². The zero-order valence-electron chi connectivity index (χ0n) is 9.91. The van der Waals surface area contributed by atoms with Crippen LogP contribution in [0.3, 0.4) is 0 Å². The van der Waals surface area contributed by atoms with Crippen LogP contribution in [0.2, 0.25) is 0 Å². The molecule has 1 aromatic carbocycles. The number of aliphatic carboxylic acids is 1. The number of nitrogens with two attached hydrogens (primary N) is 1. The molecule has 0 aliphatic carbocycles. The van der Waals surface area contributed by atoms with Crippen LogP contribution in [-0.2, 0) is 4.79 Å². The normalized spacial score (nSPS) is 18.3. The second kappa shape index (κ2) is 5.31. The maximum Gasteiger partial charge on any atom is 0.327 e. The predicted molar refractivity (Wildman–Crippen MR) is 69.9 cm³/mol. The largest absolute Gasteiger partial charge is 0.480 e. The first-order valence-corrected chi connectivity index (χ1v) is 6.67. The topological polar surface area (TPSA) is 101 Å². The lowest BCUT2D eigenvalue weighted by Gasteiger charge is -2.20. The third-order valence-corrected chi connectivity index (χ3v) is 3.83. The number of carbonyl (C=O) groups is 3. The second-order valence-corrected chi connectivity index (χ2v) is 5.07. The van der Waals surface area contributed by atoms with Gasteiger partial charge >= 0.3 is 5.97 Å². The Morgan fingerprint density at radius 2 is 2.00 bits per heavy atom. The molecule has 3 N–H and O–H groups in total. The van der Waals surface area contributed by atoms with E-state index in [1.165, 1.54) is 34.9 Å². The van der Waals surface area contributed by atoms with E-state index in [0.717, 1.165) is 0 Å². The first-order chi connectivity index (χ1) is 9.00. The van der Waals surface area contributed by atoms with Crippen LogP contribution in [0.1, 0.15) is 20.7 Å². The smallest absolute Gasteiger partial charge is 0.327 e. The minimum atomic E-state index is -1.02. The van der Waals surface area contributed by atoms with Gasteiger partial charge in [-0.15, -0.1) is 11.8 Å². The number of hydrogen-bond acceptors (Lipinski definition) is 4. The van der Waals surface area contributed by atoms with Crippen molar-refractivity contribution in [1.82, 2.24) is 4.90 Å². The van der Waals surface area contributed by atoms with Gasteiger partial charge in [0, 0.05) is 16.9 Å². The van der Waals surface area contributed by atoms with Crippen molar-refractivity contribution < 1.29 is 19.5 Å². The molecule has 1 unspecified atom stereocenters. The third-order valence-electron chi connectivity index (χ3n) is 2.82. The van der Waals surface area contributed by atoms with Crippen LogP contribution in [0, 0.1) is 0 Å². The molecular weight excluding hydrogens is 268 g/mol. The fourth-order valence-corrected chi connectivity index (χ4v) is 2.96. The fourth-order valence-electron chi connectivity index (χ4n) is 1.82. The van der Waals surface area contributed by atoms with Gasteiger partial charge in [-0.05, 0) is 18.2 Å². The summed E-state index contributed by atoms with van der Waals surface area (Å²) in [4.78, 5) is 35.6. The summed E-state index contributed by atoms with van der Waals surface area (Å²) < 4.78 is 0. The number of carbonyl (C=O) groups excluding carboxylic acids is 2. The molecule has 1 aromatic rings. The van der Waals surface area contributed by atoms with E-state index < -0.39 is 23.8 Å². The molecule has 2 rings (SSSR count). The molecule has 1 saturated heterocycles. The molecule has 0 radical (unpaired) electrons. The maximum atomic E-state index is 12.2. The van der Waals surface area contributed by atoms with E-state index in [9.17, 15) is 14.4 Å². The number of nitrogens with zero attached hydrogens (tertiary/aromatic N) is 1. The Morgan fingerprint density at radius 3 is 2.63 bits per heavy atom. The van der Waals surface area contributed by atoms with Crippen LogP contribution in [-0.4, -0.2) is 45.5 Å². The molecule has 1 heterocycles. The molecule has 1 atom stereocenters. The molecule has 1 fully saturated rings. The number of thioether (sulfide) groups is 1. The third kappa shape index (κ3) is 2.70. The van der Waals surface area contributed by atoms with Crippen molar-refractivity contribution in [3.05, 3.63) is 35.4 Å². The lowest BCUT2D eigenvalue weighted by Crippen LogP contribution is -2.41. The Kier molecular flexibility index (Phi) is 3.75. The van der Waals surface area contributed by atoms with Gasteiger partial charge in [0.05, 0.1) is 5.88 Å². The Bertz CT molecular complexity index is 546. The molecule has 2 amide bonds. The Morgan fingerprint density at radius 1 is 1.32 bits per heavy atom. The van der Waals surface area contributed by atoms with E-state index in [2.05, 4.69) is 0 Å². The highest BCUT2D eigenvalue weighted by Crippen LogP contribution is 2.23. The Balaban J connectivity index is 2.26. The highest BCUT2D eigenvalue weighted by molar-refractivity contribution is 7.99. The quantitative estimate of drug-likeness (QED) is 0.834. The number of amides is 2. The van der Waals surface area contributed by atoms with E-state index in [4.69, 9.17) is 10.8 Å². The van der Waals surface area contributed by atoms with Gasteiger partial charge in [0.15, 0.2) is 0 Å². The summed E-state index contributed by atoms with van der Waals surface area (Å²) in [6.45, 7) is 0. The fraction of sp³-hybridized carbons (Fsp3) is 0.250. The minimum Gasteiger partial charge on any atom is -0.480 e. The number of primary amides is 1. The average molecular weight is 280 g/mol. The van der Waals surface area contributed by atoms with Gasteiger partial charge in [0.1, 0.15) is 6.04 Å². The Hall–Kier alpha value is -2.02. The zero-order valence-corrected chi connectivity index (χ0v) is 10.7. The van der Waals surface area contributed by atoms with E-state index in [1.54, 1.807) is 6.07 Å². The highest BCUT2D eigenvalue weighted by Gasteiger charge is 2.35. The van der Waals surface area contributed by atoms with Crippen molar-refractivity contribution in [3.8, 4) is 0 Å². The molecular formula is C12H12N2O4S. The molecule has 0 aromatic heterocycles. The lowest BCUT2D eigenvalue weighted by molar-refractivity contribution is -0.140. The zero-order chi connectivity index (χ0) is 14.0. The van der Waals surface area contributed by atoms with Crippen LogP contribution in [0.25, 0.3) is 0 Å². The molecule has 0 saturated carbocycles. The summed E-state index contributed by atoms with van der Waals surface area (Å²) in [5.74, 6) is -1.35. The van der Waals surface area contributed by atoms with Gasteiger partial charge in [-0.2, -0.15) is 0 Å². The van der Waals surface area contributed by atoms with Crippen molar-refractivity contribution in [2.45, 2.75) is 6.04 Å². The average Bonchev–Trinajstić information content (AvgIpc) is 2.87. The van der Waals surface area contributed by atoms with Gasteiger partial charge in [0.25, 0.3) is 5.91 Å². The standard InChI is InChI=1S/C12H12N2O4S/c13-10(15)7-2-1-3-8(4-7)11(16)14-6-19-5-9(14)12(17)18/h1-4,9H,5-6H2,(H2,13,15)(H,17,18). The molecule has 6 nitrogen and oxygen atoms in total. The van der Waals surface area contributed by atoms with Crippen molar-refractivity contribution >= 4 is 29.5 Å². The van der Waals surface area contributed by atoms with Gasteiger partial charge in [-0.25, -0.2) is 4.79 Å². The maximum absolute atomic E-state index is 12.2. The molecule has 1 aliphatic heterocycles. The predicted octanol–water partition coefficient (Wildman–Crippen LogP) is 0.385. The monoisotopic (exact) mass is 280 g/mol. The first kappa shape index (κ1) is 13.4. The lowest BCUT2D eigenvalue weighted by atomic mass is 10.1. The number of benzene rings is 1. The van der Waals surface area contributed by atoms with Crippen molar-refractivity contribution in [1.29, 1.82) is 0 Å². The summed E-state index contributed by atoms with van der Waals surface area (Å²) in [5, 5.41) is 9.04. The highest BCUT2D eigenvalue weighted by atomic mass is 32.2. The van der Waals surface area contributed by atoms with Gasteiger partial charge in [0.2, 0.25) is 5.91 Å². The summed E-state index contributed by atoms with van der Waals surface area (Å²) in [7, 11) is 0. The minimum absolute atomic E-state index is 0.226. The van der Waals surface area contributed by atoms with E-state index in [-0.39, 0.29) is 11.1 Å². The summed E-state index contributed by atoms with van der Waals surface area (Å²) >= 11 is 1.38. The molecule has 0 spiro atoms. The molecule has 1 aliphatic rings. The number of carboxylic acid groups (broad SMARTS) is 1. The second-order valence-electron chi connectivity index (χ2n) is 4.07. The van der Waals surface area contributed by atoms with Gasteiger partial charge in [-0.3, -0.25) is 9.59 Å². The van der Waals surface area contributed by atoms with E-state index in [1.807, 2.05) is 0 Å². The number of hydrogen-bond donors (Lipinski definition) is 2. The Labute approximate surface area is 113 Å². The van der Waals surface area contributed by atoms with Crippen molar-refractivity contribution in [3.63, 3.8) is 0 Å². The summed E-state index contributed by atoms with van der Waals surface area (Å²) in [6, 6.07) is 5.15. The SMILES string of the molecule is NC(=O)c1cccc(C(=O)N2CSCC2C(=O)O)c1. The molecule has 0 bridgehead atoms. The molecule has 7 heteroatoms. The number of carboxylic acids is 1. The first-order valence-electron chi connectivity index (χ1n) is 5.52. The van der Waals surface area contributed by atoms with Crippen LogP contribution in [0.4, 0.5) is 0 Å².